The number of hydrogen-bond acceptors (Lipinski definition) is 3. The lowest BCUT2D eigenvalue weighted by molar-refractivity contribution is -0.126. The van der Waals surface area contributed by atoms with Gasteiger partial charge in [-0.05, 0) is 24.6 Å². The van der Waals surface area contributed by atoms with Crippen molar-refractivity contribution < 1.29 is 9.53 Å². The lowest BCUT2D eigenvalue weighted by Gasteiger charge is -2.36. The molecule has 2 fully saturated rings. The molecule has 1 amide bonds. The van der Waals surface area contributed by atoms with E-state index in [1.807, 2.05) is 30.3 Å². The third-order valence-electron chi connectivity index (χ3n) is 5.54. The molecular weight excluding hydrogens is 324 g/mol. The van der Waals surface area contributed by atoms with E-state index in [0.29, 0.717) is 0 Å². The SMILES string of the molecule is Cc1ccc(O[C@H]2C[C@H](NC(=O)[C@@H]3CNC[C@H]3c3ccccc3)C2)cc1. The summed E-state index contributed by atoms with van der Waals surface area (Å²) in [6.45, 7) is 3.69. The Morgan fingerprint density at radius 3 is 2.50 bits per heavy atom. The molecular formula is C22H26N2O2. The Bertz CT molecular complexity index is 738. The molecule has 4 nitrogen and oxygen atoms in total. The van der Waals surface area contributed by atoms with Crippen LogP contribution < -0.4 is 15.4 Å². The van der Waals surface area contributed by atoms with Gasteiger partial charge in [-0.15, -0.1) is 0 Å². The van der Waals surface area contributed by atoms with Crippen LogP contribution in [0, 0.1) is 12.8 Å². The first-order valence-electron chi connectivity index (χ1n) is 9.48. The summed E-state index contributed by atoms with van der Waals surface area (Å²) in [4.78, 5) is 12.7. The molecule has 1 aliphatic heterocycles. The molecule has 2 aromatic rings. The highest BCUT2D eigenvalue weighted by Gasteiger charge is 2.38. The minimum Gasteiger partial charge on any atom is -0.490 e. The van der Waals surface area contributed by atoms with Crippen molar-refractivity contribution in [3.63, 3.8) is 0 Å². The van der Waals surface area contributed by atoms with Crippen LogP contribution in [-0.2, 0) is 4.79 Å². The van der Waals surface area contributed by atoms with Crippen molar-refractivity contribution in [3.05, 3.63) is 65.7 Å². The fraction of sp³-hybridized carbons (Fsp3) is 0.409. The van der Waals surface area contributed by atoms with E-state index >= 15 is 0 Å². The van der Waals surface area contributed by atoms with Gasteiger partial charge in [0, 0.05) is 37.9 Å². The number of nitrogens with one attached hydrogen (secondary N) is 2. The van der Waals surface area contributed by atoms with Gasteiger partial charge in [0.25, 0.3) is 0 Å². The van der Waals surface area contributed by atoms with E-state index in [-0.39, 0.29) is 29.9 Å². The van der Waals surface area contributed by atoms with Gasteiger partial charge >= 0.3 is 0 Å². The molecule has 0 radical (unpaired) electrons. The molecule has 4 rings (SSSR count). The fourth-order valence-corrected chi connectivity index (χ4v) is 3.90. The van der Waals surface area contributed by atoms with Crippen molar-refractivity contribution in [2.45, 2.75) is 37.8 Å². The average Bonchev–Trinajstić information content (AvgIpc) is 3.12. The van der Waals surface area contributed by atoms with Crippen molar-refractivity contribution in [1.82, 2.24) is 10.6 Å². The van der Waals surface area contributed by atoms with Crippen molar-refractivity contribution in [3.8, 4) is 5.75 Å². The van der Waals surface area contributed by atoms with E-state index in [9.17, 15) is 4.79 Å². The Hall–Kier alpha value is -2.33. The zero-order chi connectivity index (χ0) is 17.9. The molecule has 0 aromatic heterocycles. The molecule has 26 heavy (non-hydrogen) atoms. The minimum absolute atomic E-state index is 0.00877. The van der Waals surface area contributed by atoms with E-state index in [4.69, 9.17) is 4.74 Å². The lowest BCUT2D eigenvalue weighted by atomic mass is 9.85. The van der Waals surface area contributed by atoms with Gasteiger partial charge in [-0.3, -0.25) is 4.79 Å². The predicted octanol–water partition coefficient (Wildman–Crippen LogP) is 3.02. The van der Waals surface area contributed by atoms with Gasteiger partial charge in [0.05, 0.1) is 5.92 Å². The maximum atomic E-state index is 12.7. The van der Waals surface area contributed by atoms with Gasteiger partial charge in [0.1, 0.15) is 11.9 Å². The van der Waals surface area contributed by atoms with Crippen LogP contribution in [0.25, 0.3) is 0 Å². The topological polar surface area (TPSA) is 50.4 Å². The maximum absolute atomic E-state index is 12.7. The Balaban J connectivity index is 1.27. The number of amides is 1. The molecule has 1 heterocycles. The highest BCUT2D eigenvalue weighted by Crippen LogP contribution is 2.30. The van der Waals surface area contributed by atoms with Crippen LogP contribution in [0.1, 0.15) is 29.9 Å². The third kappa shape index (κ3) is 3.75. The van der Waals surface area contributed by atoms with Gasteiger partial charge < -0.3 is 15.4 Å². The van der Waals surface area contributed by atoms with E-state index in [0.717, 1.165) is 31.7 Å². The molecule has 2 atom stereocenters. The zero-order valence-corrected chi connectivity index (χ0v) is 15.2. The molecule has 1 saturated carbocycles. The first kappa shape index (κ1) is 17.1. The predicted molar refractivity (Wildman–Crippen MR) is 102 cm³/mol. The quantitative estimate of drug-likeness (QED) is 0.871. The van der Waals surface area contributed by atoms with Crippen LogP contribution in [0.15, 0.2) is 54.6 Å². The Kier molecular flexibility index (Phi) is 4.93. The monoisotopic (exact) mass is 350 g/mol. The number of carbonyl (C=O) groups excluding carboxylic acids is 1. The molecule has 2 aromatic carbocycles. The second-order valence-electron chi connectivity index (χ2n) is 7.51. The molecule has 0 spiro atoms. The average molecular weight is 350 g/mol. The number of carbonyl (C=O) groups is 1. The van der Waals surface area contributed by atoms with Crippen LogP contribution in [0.5, 0.6) is 5.75 Å². The number of hydrogen-bond donors (Lipinski definition) is 2. The van der Waals surface area contributed by atoms with Gasteiger partial charge in [-0.2, -0.15) is 0 Å². The second-order valence-corrected chi connectivity index (χ2v) is 7.51. The second kappa shape index (κ2) is 7.50. The van der Waals surface area contributed by atoms with Crippen molar-refractivity contribution in [2.24, 2.45) is 5.92 Å². The largest absolute Gasteiger partial charge is 0.490 e. The smallest absolute Gasteiger partial charge is 0.225 e. The van der Waals surface area contributed by atoms with Gasteiger partial charge in [-0.1, -0.05) is 48.0 Å². The number of ether oxygens (including phenoxy) is 1. The minimum atomic E-state index is 0.00877. The molecule has 2 aliphatic rings. The van der Waals surface area contributed by atoms with E-state index < -0.39 is 0 Å². The van der Waals surface area contributed by atoms with Crippen LogP contribution in [0.3, 0.4) is 0 Å². The summed E-state index contributed by atoms with van der Waals surface area (Å²) in [5.41, 5.74) is 2.47. The summed E-state index contributed by atoms with van der Waals surface area (Å²) < 4.78 is 5.97. The van der Waals surface area contributed by atoms with Crippen LogP contribution in [-0.4, -0.2) is 31.1 Å². The Labute approximate surface area is 155 Å². The number of rotatable bonds is 5. The summed E-state index contributed by atoms with van der Waals surface area (Å²) in [5.74, 6) is 1.35. The van der Waals surface area contributed by atoms with Gasteiger partial charge in [-0.25, -0.2) is 0 Å². The standard InChI is InChI=1S/C22H26N2O2/c1-15-7-9-18(10-8-15)26-19-11-17(12-19)24-22(25)21-14-23-13-20(21)16-5-3-2-4-6-16/h2-10,17,19-21,23H,11-14H2,1H3,(H,24,25)/t17-,19-,20-,21+/m0/s1. The molecule has 0 bridgehead atoms. The number of benzene rings is 2. The highest BCUT2D eigenvalue weighted by atomic mass is 16.5. The summed E-state index contributed by atoms with van der Waals surface area (Å²) >= 11 is 0. The van der Waals surface area contributed by atoms with Crippen molar-refractivity contribution in [2.75, 3.05) is 13.1 Å². The van der Waals surface area contributed by atoms with E-state index in [1.165, 1.54) is 11.1 Å². The first-order valence-corrected chi connectivity index (χ1v) is 9.48. The van der Waals surface area contributed by atoms with Crippen LogP contribution in [0.2, 0.25) is 0 Å². The molecule has 2 N–H and O–H groups in total. The molecule has 4 heteroatoms. The normalized spacial score (nSPS) is 27.6. The summed E-state index contributed by atoms with van der Waals surface area (Å²) in [6, 6.07) is 18.7. The fourth-order valence-electron chi connectivity index (χ4n) is 3.90. The van der Waals surface area contributed by atoms with Crippen molar-refractivity contribution in [1.29, 1.82) is 0 Å². The summed E-state index contributed by atoms with van der Waals surface area (Å²) in [6.07, 6.45) is 1.97. The highest BCUT2D eigenvalue weighted by molar-refractivity contribution is 5.81. The van der Waals surface area contributed by atoms with Gasteiger partial charge in [0.15, 0.2) is 0 Å². The lowest BCUT2D eigenvalue weighted by Crippen LogP contribution is -2.51. The molecule has 1 aliphatic carbocycles. The first-order chi connectivity index (χ1) is 12.7. The molecule has 136 valence electrons. The molecule has 0 unspecified atom stereocenters. The van der Waals surface area contributed by atoms with Gasteiger partial charge in [0.2, 0.25) is 5.91 Å². The third-order valence-corrected chi connectivity index (χ3v) is 5.54. The maximum Gasteiger partial charge on any atom is 0.225 e. The number of aryl methyl sites for hydroxylation is 1. The zero-order valence-electron chi connectivity index (χ0n) is 15.2. The Morgan fingerprint density at radius 2 is 1.77 bits per heavy atom. The molecule has 1 saturated heterocycles. The summed E-state index contributed by atoms with van der Waals surface area (Å²) in [7, 11) is 0. The summed E-state index contributed by atoms with van der Waals surface area (Å²) in [5, 5.41) is 6.60. The van der Waals surface area contributed by atoms with Crippen LogP contribution in [0.4, 0.5) is 0 Å². The van der Waals surface area contributed by atoms with Crippen molar-refractivity contribution >= 4 is 5.91 Å². The van der Waals surface area contributed by atoms with Crippen LogP contribution >= 0.6 is 0 Å². The van der Waals surface area contributed by atoms with E-state index in [2.05, 4.69) is 41.8 Å². The van der Waals surface area contributed by atoms with E-state index in [1.54, 1.807) is 0 Å². The Morgan fingerprint density at radius 1 is 1.04 bits per heavy atom.